The Labute approximate surface area is 132 Å². The van der Waals surface area contributed by atoms with Gasteiger partial charge >= 0.3 is 0 Å². The molecule has 104 valence electrons. The van der Waals surface area contributed by atoms with Crippen molar-refractivity contribution >= 4 is 45.8 Å². The first-order valence-corrected chi connectivity index (χ1v) is 8.02. The molecule has 0 aliphatic heterocycles. The Bertz CT molecular complexity index is 603. The Kier molecular flexibility index (Phi) is 5.41. The lowest BCUT2D eigenvalue weighted by Gasteiger charge is -2.07. The van der Waals surface area contributed by atoms with Crippen LogP contribution in [0.25, 0.3) is 11.0 Å². The lowest BCUT2D eigenvalue weighted by molar-refractivity contribution is 0.105. The largest absolute Gasteiger partial charge is 0.381 e. The first-order chi connectivity index (χ1) is 9.08. The molecule has 2 rings (SSSR count). The van der Waals surface area contributed by atoms with Crippen LogP contribution in [0.1, 0.15) is 20.3 Å². The summed E-state index contributed by atoms with van der Waals surface area (Å²) in [7, 11) is 0. The lowest BCUT2D eigenvalue weighted by Crippen LogP contribution is -2.06. The molecule has 2 aromatic rings. The number of H-pyrrole nitrogens is 1. The van der Waals surface area contributed by atoms with Gasteiger partial charge in [-0.2, -0.15) is 0 Å². The highest BCUT2D eigenvalue weighted by Gasteiger charge is 2.04. The van der Waals surface area contributed by atoms with Crippen molar-refractivity contribution in [1.82, 2.24) is 9.55 Å². The van der Waals surface area contributed by atoms with E-state index in [0.717, 1.165) is 36.5 Å². The number of nitrogens with zero attached hydrogens (tertiary/aromatic N) is 1. The summed E-state index contributed by atoms with van der Waals surface area (Å²) in [6.45, 7) is 6.85. The van der Waals surface area contributed by atoms with Gasteiger partial charge in [-0.05, 0) is 65.3 Å². The van der Waals surface area contributed by atoms with E-state index in [0.29, 0.717) is 5.92 Å². The zero-order valence-corrected chi connectivity index (χ0v) is 14.3. The van der Waals surface area contributed by atoms with E-state index in [9.17, 15) is 0 Å². The van der Waals surface area contributed by atoms with E-state index in [-0.39, 0.29) is 0 Å². The van der Waals surface area contributed by atoms with Crippen molar-refractivity contribution < 1.29 is 4.74 Å². The number of imidazole rings is 1. The number of aryl methyl sites for hydroxylation is 1. The minimum Gasteiger partial charge on any atom is -0.381 e. The van der Waals surface area contributed by atoms with Gasteiger partial charge in [-0.1, -0.05) is 13.8 Å². The van der Waals surface area contributed by atoms with Gasteiger partial charge in [0, 0.05) is 23.3 Å². The predicted molar refractivity (Wildman–Crippen MR) is 90.1 cm³/mol. The van der Waals surface area contributed by atoms with Crippen LogP contribution in [0.15, 0.2) is 18.2 Å². The highest BCUT2D eigenvalue weighted by molar-refractivity contribution is 14.1. The number of fused-ring (bicyclic) bond motifs is 1. The Balaban J connectivity index is 2.00. The first-order valence-electron chi connectivity index (χ1n) is 6.53. The van der Waals surface area contributed by atoms with E-state index >= 15 is 0 Å². The molecule has 0 saturated heterocycles. The molecule has 3 nitrogen and oxygen atoms in total. The number of aromatic amines is 1. The van der Waals surface area contributed by atoms with Crippen molar-refractivity contribution in [2.24, 2.45) is 5.92 Å². The Morgan fingerprint density at radius 1 is 1.42 bits per heavy atom. The Hall–Kier alpha value is -0.400. The predicted octanol–water partition coefficient (Wildman–Crippen LogP) is 4.37. The summed E-state index contributed by atoms with van der Waals surface area (Å²) in [6.07, 6.45) is 0.986. The van der Waals surface area contributed by atoms with Gasteiger partial charge in [-0.15, -0.1) is 0 Å². The Morgan fingerprint density at radius 2 is 2.21 bits per heavy atom. The second-order valence-corrected chi connectivity index (χ2v) is 6.70. The van der Waals surface area contributed by atoms with Crippen LogP contribution in [-0.2, 0) is 11.3 Å². The van der Waals surface area contributed by atoms with Gasteiger partial charge < -0.3 is 14.3 Å². The van der Waals surface area contributed by atoms with E-state index in [4.69, 9.17) is 17.0 Å². The second-order valence-electron chi connectivity index (χ2n) is 5.07. The monoisotopic (exact) mass is 390 g/mol. The third-order valence-electron chi connectivity index (χ3n) is 2.86. The zero-order valence-electron chi connectivity index (χ0n) is 11.3. The van der Waals surface area contributed by atoms with E-state index < -0.39 is 0 Å². The molecule has 0 bridgehead atoms. The molecule has 1 aromatic carbocycles. The quantitative estimate of drug-likeness (QED) is 0.451. The fourth-order valence-corrected chi connectivity index (χ4v) is 2.79. The smallest absolute Gasteiger partial charge is 0.178 e. The van der Waals surface area contributed by atoms with Crippen LogP contribution in [0.4, 0.5) is 0 Å². The number of aromatic nitrogens is 2. The highest BCUT2D eigenvalue weighted by atomic mass is 127. The summed E-state index contributed by atoms with van der Waals surface area (Å²) in [6, 6.07) is 6.35. The maximum absolute atomic E-state index is 5.61. The average molecular weight is 390 g/mol. The van der Waals surface area contributed by atoms with Gasteiger partial charge in [-0.3, -0.25) is 0 Å². The molecule has 5 heteroatoms. The van der Waals surface area contributed by atoms with Crippen LogP contribution >= 0.6 is 34.8 Å². The van der Waals surface area contributed by atoms with Crippen molar-refractivity contribution in [1.29, 1.82) is 0 Å². The molecule has 0 aliphatic rings. The number of nitrogens with one attached hydrogen (secondary N) is 1. The molecule has 0 unspecified atom stereocenters. The summed E-state index contributed by atoms with van der Waals surface area (Å²) in [4.78, 5) is 3.26. The number of ether oxygens (including phenoxy) is 1. The van der Waals surface area contributed by atoms with Crippen LogP contribution < -0.4 is 0 Å². The van der Waals surface area contributed by atoms with Crippen molar-refractivity contribution in [3.8, 4) is 0 Å². The number of hydrogen-bond acceptors (Lipinski definition) is 2. The lowest BCUT2D eigenvalue weighted by atomic mass is 10.2. The number of benzene rings is 1. The minimum absolute atomic E-state index is 0.595. The normalized spacial score (nSPS) is 11.6. The molecule has 0 amide bonds. The van der Waals surface area contributed by atoms with Crippen LogP contribution in [0.3, 0.4) is 0 Å². The molecule has 1 heterocycles. The van der Waals surface area contributed by atoms with E-state index in [2.05, 4.69) is 64.2 Å². The average Bonchev–Trinajstić information content (AvgIpc) is 2.64. The van der Waals surface area contributed by atoms with Crippen molar-refractivity contribution in [3.63, 3.8) is 0 Å². The third kappa shape index (κ3) is 4.03. The molecule has 19 heavy (non-hydrogen) atoms. The van der Waals surface area contributed by atoms with Gasteiger partial charge in [-0.25, -0.2) is 0 Å². The maximum Gasteiger partial charge on any atom is 0.178 e. The molecule has 0 atom stereocenters. The summed E-state index contributed by atoms with van der Waals surface area (Å²) in [5, 5.41) is 0. The molecule has 1 N–H and O–H groups in total. The van der Waals surface area contributed by atoms with E-state index in [1.807, 2.05) is 0 Å². The van der Waals surface area contributed by atoms with Gasteiger partial charge in [0.05, 0.1) is 11.0 Å². The molecular formula is C14H19IN2OS. The van der Waals surface area contributed by atoms with Gasteiger partial charge in [0.1, 0.15) is 0 Å². The van der Waals surface area contributed by atoms with Crippen LogP contribution in [0, 0.1) is 14.3 Å². The van der Waals surface area contributed by atoms with E-state index in [1.54, 1.807) is 0 Å². The van der Waals surface area contributed by atoms with Crippen LogP contribution in [0.5, 0.6) is 0 Å². The third-order valence-corrected chi connectivity index (χ3v) is 3.85. The second kappa shape index (κ2) is 6.85. The molecule has 0 saturated carbocycles. The Morgan fingerprint density at radius 3 is 2.95 bits per heavy atom. The van der Waals surface area contributed by atoms with Crippen molar-refractivity contribution in [3.05, 3.63) is 26.5 Å². The topological polar surface area (TPSA) is 29.9 Å². The maximum atomic E-state index is 5.61. The van der Waals surface area contributed by atoms with Crippen molar-refractivity contribution in [2.75, 3.05) is 13.2 Å². The molecule has 0 aliphatic carbocycles. The minimum atomic E-state index is 0.595. The first kappa shape index (κ1) is 15.0. The zero-order chi connectivity index (χ0) is 13.8. The van der Waals surface area contributed by atoms with Gasteiger partial charge in [0.15, 0.2) is 4.77 Å². The molecule has 1 aromatic heterocycles. The summed E-state index contributed by atoms with van der Waals surface area (Å²) in [5.74, 6) is 0.595. The standard InChI is InChI=1S/C14H19IN2OS/c1-10(2)9-18-7-3-6-17-13-5-4-11(15)8-12(13)16-14(17)19/h4-5,8,10H,3,6-7,9H2,1-2H3,(H,16,19). The molecular weight excluding hydrogens is 371 g/mol. The fourth-order valence-electron chi connectivity index (χ4n) is 2.00. The van der Waals surface area contributed by atoms with Crippen LogP contribution in [0.2, 0.25) is 0 Å². The summed E-state index contributed by atoms with van der Waals surface area (Å²) < 4.78 is 9.77. The summed E-state index contributed by atoms with van der Waals surface area (Å²) >= 11 is 7.69. The number of rotatable bonds is 6. The summed E-state index contributed by atoms with van der Waals surface area (Å²) in [5.41, 5.74) is 2.29. The highest BCUT2D eigenvalue weighted by Crippen LogP contribution is 2.17. The number of halogens is 1. The fraction of sp³-hybridized carbons (Fsp3) is 0.500. The van der Waals surface area contributed by atoms with Gasteiger partial charge in [0.2, 0.25) is 0 Å². The van der Waals surface area contributed by atoms with Crippen LogP contribution in [-0.4, -0.2) is 22.8 Å². The molecule has 0 spiro atoms. The SMILES string of the molecule is CC(C)COCCCn1c(=S)[nH]c2cc(I)ccc21. The number of hydrogen-bond donors (Lipinski definition) is 1. The van der Waals surface area contributed by atoms with Crippen molar-refractivity contribution in [2.45, 2.75) is 26.8 Å². The van der Waals surface area contributed by atoms with Gasteiger partial charge in [0.25, 0.3) is 0 Å². The molecule has 0 radical (unpaired) electrons. The molecule has 0 fully saturated rings. The van der Waals surface area contributed by atoms with E-state index in [1.165, 1.54) is 9.09 Å².